The van der Waals surface area contributed by atoms with Crippen LogP contribution >= 0.6 is 0 Å². The van der Waals surface area contributed by atoms with Gasteiger partial charge in [-0.15, -0.1) is 0 Å². The molecule has 218 valence electrons. The van der Waals surface area contributed by atoms with Crippen LogP contribution in [-0.4, -0.2) is 9.55 Å². The summed E-state index contributed by atoms with van der Waals surface area (Å²) in [5.41, 5.74) is 9.21. The Kier molecular flexibility index (Phi) is 6.19. The predicted octanol–water partition coefficient (Wildman–Crippen LogP) is 12.0. The van der Waals surface area contributed by atoms with Crippen molar-refractivity contribution < 1.29 is 0 Å². The topological polar surface area (TPSA) is 22.2 Å². The van der Waals surface area contributed by atoms with Crippen molar-refractivity contribution in [2.75, 3.05) is 0 Å². The molecule has 0 bridgehead atoms. The van der Waals surface area contributed by atoms with Crippen molar-refractivity contribution in [3.05, 3.63) is 175 Å². The second-order valence-electron chi connectivity index (χ2n) is 11.9. The normalized spacial score (nSPS) is 11.4. The summed E-state index contributed by atoms with van der Waals surface area (Å²) in [6.07, 6.45) is 0. The third kappa shape index (κ3) is 4.39. The number of para-hydroxylation sites is 1. The van der Waals surface area contributed by atoms with Gasteiger partial charge in [-0.3, -0.25) is 4.57 Å². The van der Waals surface area contributed by atoms with Gasteiger partial charge in [0.1, 0.15) is 5.82 Å². The number of hydrogen-bond donors (Lipinski definition) is 0. The maximum atomic E-state index is 7.56. The SMILES string of the molecule is [C-]#[N+]c1ccc2c(c1)nc(-c1cccc(-c3c4ccccc4c(-c4ccc5ccccc5c4)c4ccccc34)c1)n2-c1ccccc1. The van der Waals surface area contributed by atoms with Gasteiger partial charge in [-0.2, -0.15) is 0 Å². The fourth-order valence-electron chi connectivity index (χ4n) is 7.08. The largest absolute Gasteiger partial charge is 0.292 e. The summed E-state index contributed by atoms with van der Waals surface area (Å²) in [6, 6.07) is 57.7. The van der Waals surface area contributed by atoms with Gasteiger partial charge in [0.2, 0.25) is 0 Å². The molecule has 0 fully saturated rings. The lowest BCUT2D eigenvalue weighted by atomic mass is 9.85. The molecule has 0 aliphatic carbocycles. The number of hydrogen-bond acceptors (Lipinski definition) is 1. The molecule has 9 rings (SSSR count). The zero-order valence-electron chi connectivity index (χ0n) is 25.4. The maximum Gasteiger partial charge on any atom is 0.189 e. The van der Waals surface area contributed by atoms with Gasteiger partial charge in [0.05, 0.1) is 17.6 Å². The Labute approximate surface area is 272 Å². The van der Waals surface area contributed by atoms with Gasteiger partial charge < -0.3 is 0 Å². The molecule has 1 aromatic heterocycles. The van der Waals surface area contributed by atoms with Gasteiger partial charge in [0.15, 0.2) is 5.69 Å². The number of imidazole rings is 1. The fourth-order valence-corrected chi connectivity index (χ4v) is 7.08. The molecule has 0 radical (unpaired) electrons. The molecule has 0 aliphatic heterocycles. The predicted molar refractivity (Wildman–Crippen MR) is 196 cm³/mol. The van der Waals surface area contributed by atoms with Crippen LogP contribution < -0.4 is 0 Å². The van der Waals surface area contributed by atoms with Crippen molar-refractivity contribution in [1.29, 1.82) is 0 Å². The second-order valence-corrected chi connectivity index (χ2v) is 11.9. The summed E-state index contributed by atoms with van der Waals surface area (Å²) in [5, 5.41) is 7.36. The molecule has 9 aromatic rings. The lowest BCUT2D eigenvalue weighted by Gasteiger charge is -2.18. The molecule has 47 heavy (non-hydrogen) atoms. The van der Waals surface area contributed by atoms with Crippen molar-refractivity contribution in [1.82, 2.24) is 9.55 Å². The lowest BCUT2D eigenvalue weighted by Crippen LogP contribution is -1.97. The minimum absolute atomic E-state index is 0.583. The molecule has 3 heteroatoms. The minimum atomic E-state index is 0.583. The summed E-state index contributed by atoms with van der Waals surface area (Å²) < 4.78 is 2.20. The summed E-state index contributed by atoms with van der Waals surface area (Å²) in [7, 11) is 0. The van der Waals surface area contributed by atoms with Gasteiger partial charge in [-0.1, -0.05) is 127 Å². The first kappa shape index (κ1) is 26.9. The fraction of sp³-hybridized carbons (Fsp3) is 0. The first-order valence-corrected chi connectivity index (χ1v) is 15.8. The Bertz CT molecular complexity index is 2640. The van der Waals surface area contributed by atoms with Crippen LogP contribution in [0.4, 0.5) is 5.69 Å². The Hall–Kier alpha value is -6.50. The van der Waals surface area contributed by atoms with Crippen molar-refractivity contribution in [3.8, 4) is 39.3 Å². The van der Waals surface area contributed by atoms with Crippen molar-refractivity contribution in [2.45, 2.75) is 0 Å². The summed E-state index contributed by atoms with van der Waals surface area (Å²) >= 11 is 0. The molecule has 0 aliphatic rings. The molecule has 0 saturated carbocycles. The van der Waals surface area contributed by atoms with E-state index in [9.17, 15) is 0 Å². The van der Waals surface area contributed by atoms with Gasteiger partial charge in [0, 0.05) is 11.3 Å². The zero-order chi connectivity index (χ0) is 31.3. The Morgan fingerprint density at radius 2 is 1.06 bits per heavy atom. The van der Waals surface area contributed by atoms with Crippen molar-refractivity contribution in [2.24, 2.45) is 0 Å². The van der Waals surface area contributed by atoms with Crippen LogP contribution in [0.25, 0.3) is 87.5 Å². The molecular formula is C44H27N3. The third-order valence-corrected chi connectivity index (χ3v) is 9.16. The van der Waals surface area contributed by atoms with Gasteiger partial charge >= 0.3 is 0 Å². The van der Waals surface area contributed by atoms with E-state index in [0.29, 0.717) is 5.69 Å². The van der Waals surface area contributed by atoms with Crippen LogP contribution in [0.2, 0.25) is 0 Å². The average Bonchev–Trinajstić information content (AvgIpc) is 3.53. The van der Waals surface area contributed by atoms with Crippen LogP contribution in [0.5, 0.6) is 0 Å². The second kappa shape index (κ2) is 10.8. The highest BCUT2D eigenvalue weighted by Gasteiger charge is 2.19. The van der Waals surface area contributed by atoms with Crippen molar-refractivity contribution in [3.63, 3.8) is 0 Å². The van der Waals surface area contributed by atoms with Crippen LogP contribution in [0.3, 0.4) is 0 Å². The Morgan fingerprint density at radius 3 is 1.74 bits per heavy atom. The van der Waals surface area contributed by atoms with E-state index in [1.165, 1.54) is 49.0 Å². The molecular weight excluding hydrogens is 571 g/mol. The summed E-state index contributed by atoms with van der Waals surface area (Å²) in [4.78, 5) is 8.79. The molecule has 1 heterocycles. The molecule has 0 spiro atoms. The molecule has 0 saturated heterocycles. The number of benzene rings is 8. The molecule has 0 N–H and O–H groups in total. The van der Waals surface area contributed by atoms with E-state index < -0.39 is 0 Å². The maximum absolute atomic E-state index is 7.56. The van der Waals surface area contributed by atoms with Crippen LogP contribution in [0.1, 0.15) is 0 Å². The van der Waals surface area contributed by atoms with Crippen LogP contribution in [0, 0.1) is 6.57 Å². The molecule has 3 nitrogen and oxygen atoms in total. The highest BCUT2D eigenvalue weighted by Crippen LogP contribution is 2.45. The van der Waals surface area contributed by atoms with E-state index in [1.54, 1.807) is 0 Å². The van der Waals surface area contributed by atoms with E-state index in [0.717, 1.165) is 33.7 Å². The molecule has 8 aromatic carbocycles. The minimum Gasteiger partial charge on any atom is -0.292 e. The Morgan fingerprint density at radius 1 is 0.468 bits per heavy atom. The molecule has 0 amide bonds. The van der Waals surface area contributed by atoms with E-state index >= 15 is 0 Å². The van der Waals surface area contributed by atoms with Gasteiger partial charge in [0.25, 0.3) is 0 Å². The standard InChI is InChI=1S/C44H27N3/c1-45-34-24-25-41-40(28-34)46-44(47(41)35-16-3-2-4-17-35)33-15-11-14-31(27-33)42-36-18-7-9-20-38(36)43(39-21-10-8-19-37(39)42)32-23-22-29-12-5-6-13-30(29)26-32/h2-28H. The molecule has 0 atom stereocenters. The Balaban J connectivity index is 1.30. The quantitative estimate of drug-likeness (QED) is 0.146. The highest BCUT2D eigenvalue weighted by atomic mass is 15.1. The van der Waals surface area contributed by atoms with E-state index in [-0.39, 0.29) is 0 Å². The van der Waals surface area contributed by atoms with E-state index in [4.69, 9.17) is 11.6 Å². The summed E-state index contributed by atoms with van der Waals surface area (Å²) in [5.74, 6) is 0.844. The summed E-state index contributed by atoms with van der Waals surface area (Å²) in [6.45, 7) is 7.56. The van der Waals surface area contributed by atoms with E-state index in [2.05, 4.69) is 137 Å². The van der Waals surface area contributed by atoms with E-state index in [1.807, 2.05) is 36.4 Å². The lowest BCUT2D eigenvalue weighted by molar-refractivity contribution is 1.10. The number of fused-ring (bicyclic) bond motifs is 4. The van der Waals surface area contributed by atoms with Crippen LogP contribution in [-0.2, 0) is 0 Å². The zero-order valence-corrected chi connectivity index (χ0v) is 25.4. The monoisotopic (exact) mass is 597 g/mol. The average molecular weight is 598 g/mol. The van der Waals surface area contributed by atoms with Gasteiger partial charge in [-0.25, -0.2) is 9.83 Å². The first-order valence-electron chi connectivity index (χ1n) is 15.8. The van der Waals surface area contributed by atoms with Crippen molar-refractivity contribution >= 4 is 49.0 Å². The first-order chi connectivity index (χ1) is 23.3. The van der Waals surface area contributed by atoms with Gasteiger partial charge in [-0.05, 0) is 91.0 Å². The molecule has 0 unspecified atom stereocenters. The number of aromatic nitrogens is 2. The smallest absolute Gasteiger partial charge is 0.189 e. The number of nitrogens with zero attached hydrogens (tertiary/aromatic N) is 3. The van der Waals surface area contributed by atoms with Crippen LogP contribution in [0.15, 0.2) is 164 Å². The highest BCUT2D eigenvalue weighted by molar-refractivity contribution is 6.21. The number of rotatable bonds is 4. The third-order valence-electron chi connectivity index (χ3n) is 9.16.